The molecule has 2 rings (SSSR count). The van der Waals surface area contributed by atoms with E-state index >= 15 is 0 Å². The summed E-state index contributed by atoms with van der Waals surface area (Å²) in [6.45, 7) is 2.57. The van der Waals surface area contributed by atoms with Gasteiger partial charge < -0.3 is 10.1 Å². The van der Waals surface area contributed by atoms with Crippen LogP contribution in [0.1, 0.15) is 31.4 Å². The van der Waals surface area contributed by atoms with Gasteiger partial charge in [-0.1, -0.05) is 13.0 Å². The van der Waals surface area contributed by atoms with Gasteiger partial charge in [0.1, 0.15) is 11.6 Å². The Balaban J connectivity index is 2.33. The van der Waals surface area contributed by atoms with Gasteiger partial charge in [0.25, 0.3) is 0 Å². The van der Waals surface area contributed by atoms with Crippen molar-refractivity contribution in [3.8, 4) is 0 Å². The number of nitrogens with one attached hydrogen (secondary N) is 1. The Morgan fingerprint density at radius 2 is 1.94 bits per heavy atom. The van der Waals surface area contributed by atoms with E-state index in [1.807, 2.05) is 6.92 Å². The third kappa shape index (κ3) is 2.70. The first-order valence-electron chi connectivity index (χ1n) is 6.39. The lowest BCUT2D eigenvalue weighted by atomic mass is 9.96. The van der Waals surface area contributed by atoms with Crippen molar-refractivity contribution in [3.05, 3.63) is 35.4 Å². The van der Waals surface area contributed by atoms with Crippen LogP contribution in [0, 0.1) is 17.6 Å². The third-order valence-electron chi connectivity index (χ3n) is 3.42. The quantitative estimate of drug-likeness (QED) is 0.843. The van der Waals surface area contributed by atoms with Crippen molar-refractivity contribution in [1.29, 1.82) is 0 Å². The summed E-state index contributed by atoms with van der Waals surface area (Å²) in [5.74, 6) is -0.620. The van der Waals surface area contributed by atoms with Crippen molar-refractivity contribution in [2.45, 2.75) is 31.9 Å². The fourth-order valence-corrected chi connectivity index (χ4v) is 2.44. The average Bonchev–Trinajstić information content (AvgIpc) is 3.14. The van der Waals surface area contributed by atoms with Crippen LogP contribution >= 0.6 is 0 Å². The highest BCUT2D eigenvalue weighted by atomic mass is 19.1. The number of ether oxygens (including phenoxy) is 1. The van der Waals surface area contributed by atoms with E-state index in [2.05, 4.69) is 5.32 Å². The molecule has 0 saturated heterocycles. The van der Waals surface area contributed by atoms with Crippen LogP contribution < -0.4 is 5.32 Å². The van der Waals surface area contributed by atoms with Gasteiger partial charge in [-0.05, 0) is 37.4 Å². The molecule has 0 aromatic heterocycles. The fourth-order valence-electron chi connectivity index (χ4n) is 2.44. The van der Waals surface area contributed by atoms with Gasteiger partial charge in [0, 0.05) is 12.7 Å². The number of hydrogen-bond donors (Lipinski definition) is 1. The molecule has 0 aliphatic heterocycles. The Hall–Kier alpha value is -1.00. The zero-order chi connectivity index (χ0) is 13.1. The van der Waals surface area contributed by atoms with Crippen LogP contribution in [0.25, 0.3) is 0 Å². The highest BCUT2D eigenvalue weighted by Crippen LogP contribution is 2.40. The standard InChI is InChI=1S/C14H19F2NO/c1-3-17-13(14(18-2)9-7-8-9)12-10(15)5-4-6-11(12)16/h4-6,9,13-14,17H,3,7-8H2,1-2H3. The molecule has 2 nitrogen and oxygen atoms in total. The fraction of sp³-hybridized carbons (Fsp3) is 0.571. The van der Waals surface area contributed by atoms with E-state index in [0.29, 0.717) is 12.5 Å². The molecule has 0 radical (unpaired) electrons. The molecule has 1 fully saturated rings. The Morgan fingerprint density at radius 1 is 1.33 bits per heavy atom. The van der Waals surface area contributed by atoms with E-state index < -0.39 is 17.7 Å². The normalized spacial score (nSPS) is 18.7. The molecule has 0 bridgehead atoms. The van der Waals surface area contributed by atoms with Crippen LogP contribution in [0.4, 0.5) is 8.78 Å². The Kier molecular flexibility index (Phi) is 4.30. The molecule has 4 heteroatoms. The van der Waals surface area contributed by atoms with Crippen LogP contribution in [-0.2, 0) is 4.74 Å². The lowest BCUT2D eigenvalue weighted by Crippen LogP contribution is -2.36. The first-order valence-corrected chi connectivity index (χ1v) is 6.39. The van der Waals surface area contributed by atoms with Crippen molar-refractivity contribution in [2.24, 2.45) is 5.92 Å². The summed E-state index contributed by atoms with van der Waals surface area (Å²) >= 11 is 0. The molecule has 1 aromatic rings. The number of hydrogen-bond acceptors (Lipinski definition) is 2. The third-order valence-corrected chi connectivity index (χ3v) is 3.42. The molecule has 1 aromatic carbocycles. The lowest BCUT2D eigenvalue weighted by molar-refractivity contribution is 0.0489. The summed E-state index contributed by atoms with van der Waals surface area (Å²) < 4.78 is 33.2. The minimum absolute atomic E-state index is 0.0955. The SMILES string of the molecule is CCNC(c1c(F)cccc1F)C(OC)C1CC1. The number of halogens is 2. The number of likely N-dealkylation sites (N-methyl/N-ethyl adjacent to an activating group) is 1. The smallest absolute Gasteiger partial charge is 0.131 e. The van der Waals surface area contributed by atoms with E-state index in [0.717, 1.165) is 12.8 Å². The van der Waals surface area contributed by atoms with Crippen LogP contribution in [0.3, 0.4) is 0 Å². The maximum atomic E-state index is 13.9. The van der Waals surface area contributed by atoms with Gasteiger partial charge in [0.15, 0.2) is 0 Å². The summed E-state index contributed by atoms with van der Waals surface area (Å²) in [6.07, 6.45) is 1.96. The van der Waals surface area contributed by atoms with Crippen molar-refractivity contribution in [2.75, 3.05) is 13.7 Å². The summed E-state index contributed by atoms with van der Waals surface area (Å²) in [4.78, 5) is 0. The molecule has 1 aliphatic carbocycles. The van der Waals surface area contributed by atoms with Gasteiger partial charge in [-0.3, -0.25) is 0 Å². The van der Waals surface area contributed by atoms with E-state index in [1.54, 1.807) is 7.11 Å². The van der Waals surface area contributed by atoms with Gasteiger partial charge in [0.2, 0.25) is 0 Å². The predicted molar refractivity (Wildman–Crippen MR) is 66.3 cm³/mol. The largest absolute Gasteiger partial charge is 0.379 e. The Labute approximate surface area is 106 Å². The van der Waals surface area contributed by atoms with Crippen LogP contribution in [-0.4, -0.2) is 19.8 Å². The summed E-state index contributed by atoms with van der Waals surface area (Å²) in [5.41, 5.74) is 0.0955. The van der Waals surface area contributed by atoms with Crippen molar-refractivity contribution in [3.63, 3.8) is 0 Å². The van der Waals surface area contributed by atoms with Crippen LogP contribution in [0.2, 0.25) is 0 Å². The number of methoxy groups -OCH3 is 1. The summed E-state index contributed by atoms with van der Waals surface area (Å²) in [7, 11) is 1.60. The lowest BCUT2D eigenvalue weighted by Gasteiger charge is -2.27. The van der Waals surface area contributed by atoms with E-state index in [4.69, 9.17) is 4.74 Å². The molecular formula is C14H19F2NO. The van der Waals surface area contributed by atoms with Gasteiger partial charge in [-0.15, -0.1) is 0 Å². The minimum Gasteiger partial charge on any atom is -0.379 e. The molecule has 2 unspecified atom stereocenters. The second-order valence-electron chi connectivity index (χ2n) is 4.71. The van der Waals surface area contributed by atoms with E-state index in [9.17, 15) is 8.78 Å². The van der Waals surface area contributed by atoms with Crippen molar-refractivity contribution < 1.29 is 13.5 Å². The minimum atomic E-state index is -0.511. The molecule has 0 amide bonds. The zero-order valence-corrected chi connectivity index (χ0v) is 10.7. The predicted octanol–water partition coefficient (Wildman–Crippen LogP) is 3.04. The molecule has 18 heavy (non-hydrogen) atoms. The average molecular weight is 255 g/mol. The highest BCUT2D eigenvalue weighted by Gasteiger charge is 2.39. The van der Waals surface area contributed by atoms with Crippen molar-refractivity contribution >= 4 is 0 Å². The Morgan fingerprint density at radius 3 is 2.39 bits per heavy atom. The highest BCUT2D eigenvalue weighted by molar-refractivity contribution is 5.25. The molecule has 1 N–H and O–H groups in total. The maximum Gasteiger partial charge on any atom is 0.131 e. The van der Waals surface area contributed by atoms with Crippen LogP contribution in [0.5, 0.6) is 0 Å². The zero-order valence-electron chi connectivity index (χ0n) is 10.7. The molecule has 1 saturated carbocycles. The Bertz CT molecular complexity index is 387. The van der Waals surface area contributed by atoms with Gasteiger partial charge in [-0.2, -0.15) is 0 Å². The second-order valence-corrected chi connectivity index (χ2v) is 4.71. The number of benzene rings is 1. The van der Waals surface area contributed by atoms with Crippen molar-refractivity contribution in [1.82, 2.24) is 5.32 Å². The van der Waals surface area contributed by atoms with Gasteiger partial charge in [-0.25, -0.2) is 8.78 Å². The molecule has 0 spiro atoms. The van der Waals surface area contributed by atoms with Crippen LogP contribution in [0.15, 0.2) is 18.2 Å². The summed E-state index contributed by atoms with van der Waals surface area (Å²) in [6, 6.07) is 3.55. The topological polar surface area (TPSA) is 21.3 Å². The molecule has 0 heterocycles. The van der Waals surface area contributed by atoms with Gasteiger partial charge >= 0.3 is 0 Å². The number of rotatable bonds is 6. The summed E-state index contributed by atoms with van der Waals surface area (Å²) in [5, 5.41) is 3.15. The van der Waals surface area contributed by atoms with E-state index in [-0.39, 0.29) is 11.7 Å². The maximum absolute atomic E-state index is 13.9. The van der Waals surface area contributed by atoms with E-state index in [1.165, 1.54) is 18.2 Å². The van der Waals surface area contributed by atoms with Gasteiger partial charge in [0.05, 0.1) is 12.1 Å². The molecule has 1 aliphatic rings. The first-order chi connectivity index (χ1) is 8.69. The monoisotopic (exact) mass is 255 g/mol. The molecular weight excluding hydrogens is 236 g/mol. The molecule has 2 atom stereocenters. The first kappa shape index (κ1) is 13.4. The second kappa shape index (κ2) is 5.76. The molecule has 100 valence electrons.